The maximum Gasteiger partial charge on any atom is 0.259 e. The number of fused-ring (bicyclic) bond motifs is 1. The second-order valence-electron chi connectivity index (χ2n) is 10.6. The first-order valence-corrected chi connectivity index (χ1v) is 14.6. The summed E-state index contributed by atoms with van der Waals surface area (Å²) in [5, 5.41) is 7.43. The highest BCUT2D eigenvalue weighted by Gasteiger charge is 2.21. The number of pyridine rings is 2. The fourth-order valence-electron chi connectivity index (χ4n) is 5.71. The summed E-state index contributed by atoms with van der Waals surface area (Å²) < 4.78 is 5.49. The van der Waals surface area contributed by atoms with Crippen LogP contribution in [0, 0.1) is 0 Å². The lowest BCUT2D eigenvalue weighted by Gasteiger charge is -2.35. The van der Waals surface area contributed by atoms with Crippen LogP contribution in [0.3, 0.4) is 0 Å². The molecule has 2 aliphatic heterocycles. The molecule has 2 aliphatic rings. The lowest BCUT2D eigenvalue weighted by atomic mass is 9.99. The van der Waals surface area contributed by atoms with Crippen molar-refractivity contribution >= 4 is 39.7 Å². The van der Waals surface area contributed by atoms with Gasteiger partial charge in [-0.05, 0) is 54.6 Å². The Bertz CT molecular complexity index is 1600. The van der Waals surface area contributed by atoms with Gasteiger partial charge in [0.05, 0.1) is 18.6 Å². The summed E-state index contributed by atoms with van der Waals surface area (Å²) in [5.74, 6) is 1.21. The van der Waals surface area contributed by atoms with Crippen molar-refractivity contribution in [3.63, 3.8) is 0 Å². The van der Waals surface area contributed by atoms with Crippen LogP contribution in [-0.2, 0) is 4.74 Å². The van der Waals surface area contributed by atoms with Crippen LogP contribution in [0.5, 0.6) is 0 Å². The second kappa shape index (κ2) is 12.2. The zero-order valence-corrected chi connectivity index (χ0v) is 24.2. The normalized spacial score (nSPS) is 16.0. The van der Waals surface area contributed by atoms with Gasteiger partial charge < -0.3 is 35.1 Å². The summed E-state index contributed by atoms with van der Waals surface area (Å²) in [7, 11) is 1.62. The molecule has 10 nitrogen and oxygen atoms in total. The molecule has 4 aromatic rings. The second-order valence-corrected chi connectivity index (χ2v) is 10.6. The molecule has 0 spiro atoms. The molecule has 0 atom stereocenters. The number of morpholine rings is 1. The Balaban J connectivity index is 1.41. The predicted octanol–water partition coefficient (Wildman–Crippen LogP) is 3.67. The number of ether oxygens (including phenoxy) is 1. The van der Waals surface area contributed by atoms with Crippen molar-refractivity contribution in [1.29, 1.82) is 0 Å². The Morgan fingerprint density at radius 3 is 2.33 bits per heavy atom. The third-order valence-corrected chi connectivity index (χ3v) is 8.21. The highest BCUT2D eigenvalue weighted by atomic mass is 16.5. The molecule has 10 heteroatoms. The van der Waals surface area contributed by atoms with E-state index in [0.717, 1.165) is 92.7 Å². The SMILES string of the molecule is CCN1CCN(c2cc3c(-c4ccc(C(=O)NC)cc4)c[nH]c(=O)c3c(Nc3ccc(N4CCOCC4)cc3)n2)CC1. The van der Waals surface area contributed by atoms with Crippen molar-refractivity contribution in [1.82, 2.24) is 20.2 Å². The number of likely N-dealkylation sites (N-methyl/N-ethyl adjacent to an activating group) is 1. The minimum Gasteiger partial charge on any atom is -0.378 e. The molecule has 1 amide bonds. The van der Waals surface area contributed by atoms with Gasteiger partial charge >= 0.3 is 0 Å². The molecule has 0 saturated carbocycles. The number of rotatable bonds is 7. The molecule has 0 radical (unpaired) electrons. The molecule has 0 bridgehead atoms. The molecule has 3 N–H and O–H groups in total. The number of aromatic nitrogens is 2. The number of aromatic amines is 1. The van der Waals surface area contributed by atoms with E-state index in [9.17, 15) is 9.59 Å². The highest BCUT2D eigenvalue weighted by Crippen LogP contribution is 2.34. The van der Waals surface area contributed by atoms with E-state index in [1.807, 2.05) is 30.3 Å². The Morgan fingerprint density at radius 2 is 1.67 bits per heavy atom. The van der Waals surface area contributed by atoms with Gasteiger partial charge in [0.1, 0.15) is 11.6 Å². The quantitative estimate of drug-likeness (QED) is 0.311. The van der Waals surface area contributed by atoms with Crippen LogP contribution in [0.15, 0.2) is 65.6 Å². The standard InChI is InChI=1S/C32H37N7O3/c1-3-37-12-14-39(15-13-37)28-20-26-27(22-4-6-23(7-5-22)31(40)33-2)21-34-32(41)29(26)30(36-28)35-24-8-10-25(11-9-24)38-16-18-42-19-17-38/h4-11,20-21H,3,12-19H2,1-2H3,(H,33,40)(H,34,41)(H,35,36). The first-order chi connectivity index (χ1) is 20.5. The van der Waals surface area contributed by atoms with E-state index in [4.69, 9.17) is 9.72 Å². The van der Waals surface area contributed by atoms with Crippen molar-refractivity contribution in [3.8, 4) is 11.1 Å². The summed E-state index contributed by atoms with van der Waals surface area (Å²) in [4.78, 5) is 40.5. The number of hydrogen-bond donors (Lipinski definition) is 3. The third kappa shape index (κ3) is 5.68. The Morgan fingerprint density at radius 1 is 0.952 bits per heavy atom. The number of hydrogen-bond acceptors (Lipinski definition) is 8. The number of benzene rings is 2. The molecule has 2 aromatic carbocycles. The van der Waals surface area contributed by atoms with Crippen LogP contribution in [0.1, 0.15) is 17.3 Å². The van der Waals surface area contributed by atoms with Crippen LogP contribution in [0.25, 0.3) is 21.9 Å². The number of anilines is 4. The average Bonchev–Trinajstić information content (AvgIpc) is 3.05. The van der Waals surface area contributed by atoms with E-state index in [-0.39, 0.29) is 11.5 Å². The topological polar surface area (TPSA) is 106 Å². The molecule has 2 saturated heterocycles. The lowest BCUT2D eigenvalue weighted by molar-refractivity contribution is 0.0963. The Labute approximate surface area is 245 Å². The van der Waals surface area contributed by atoms with Crippen molar-refractivity contribution in [2.75, 3.05) is 81.2 Å². The fraction of sp³-hybridized carbons (Fsp3) is 0.344. The maximum absolute atomic E-state index is 13.4. The number of nitrogens with one attached hydrogen (secondary N) is 3. The van der Waals surface area contributed by atoms with Gasteiger partial charge in [-0.2, -0.15) is 0 Å². The van der Waals surface area contributed by atoms with E-state index in [1.165, 1.54) is 0 Å². The van der Waals surface area contributed by atoms with Gasteiger partial charge in [-0.3, -0.25) is 9.59 Å². The summed E-state index contributed by atoms with van der Waals surface area (Å²) in [6, 6.07) is 17.7. The van der Waals surface area contributed by atoms with Crippen LogP contribution in [0.4, 0.5) is 23.0 Å². The van der Waals surface area contributed by atoms with Gasteiger partial charge in [-0.25, -0.2) is 4.98 Å². The van der Waals surface area contributed by atoms with Gasteiger partial charge in [0.25, 0.3) is 11.5 Å². The zero-order chi connectivity index (χ0) is 29.1. The molecule has 2 aromatic heterocycles. The molecule has 42 heavy (non-hydrogen) atoms. The minimum atomic E-state index is -0.210. The smallest absolute Gasteiger partial charge is 0.259 e. The minimum absolute atomic E-state index is 0.142. The van der Waals surface area contributed by atoms with E-state index < -0.39 is 0 Å². The number of amides is 1. The van der Waals surface area contributed by atoms with Crippen molar-refractivity contribution in [3.05, 3.63) is 76.7 Å². The van der Waals surface area contributed by atoms with Crippen molar-refractivity contribution in [2.24, 2.45) is 0 Å². The molecule has 4 heterocycles. The zero-order valence-electron chi connectivity index (χ0n) is 24.2. The van der Waals surface area contributed by atoms with Crippen molar-refractivity contribution < 1.29 is 9.53 Å². The van der Waals surface area contributed by atoms with Crippen LogP contribution in [-0.4, -0.2) is 86.8 Å². The highest BCUT2D eigenvalue weighted by molar-refractivity contribution is 6.03. The summed E-state index contributed by atoms with van der Waals surface area (Å²) in [6.45, 7) is 10.1. The number of carbonyl (C=O) groups excluding carboxylic acids is 1. The van der Waals surface area contributed by atoms with Gasteiger partial charge in [0.2, 0.25) is 0 Å². The average molecular weight is 568 g/mol. The van der Waals surface area contributed by atoms with Crippen LogP contribution in [0.2, 0.25) is 0 Å². The van der Waals surface area contributed by atoms with E-state index in [1.54, 1.807) is 25.4 Å². The molecule has 6 rings (SSSR count). The van der Waals surface area contributed by atoms with Gasteiger partial charge in [-0.15, -0.1) is 0 Å². The van der Waals surface area contributed by atoms with Gasteiger partial charge in [-0.1, -0.05) is 19.1 Å². The number of carbonyl (C=O) groups is 1. The van der Waals surface area contributed by atoms with E-state index >= 15 is 0 Å². The van der Waals surface area contributed by atoms with Crippen LogP contribution >= 0.6 is 0 Å². The summed E-state index contributed by atoms with van der Waals surface area (Å²) in [5.41, 5.74) is 4.14. The number of nitrogens with zero attached hydrogens (tertiary/aromatic N) is 4. The van der Waals surface area contributed by atoms with Gasteiger partial charge in [0.15, 0.2) is 0 Å². The molecule has 0 aliphatic carbocycles. The van der Waals surface area contributed by atoms with Crippen LogP contribution < -0.4 is 26.0 Å². The number of piperazine rings is 1. The van der Waals surface area contributed by atoms with Crippen molar-refractivity contribution in [2.45, 2.75) is 6.92 Å². The third-order valence-electron chi connectivity index (χ3n) is 8.21. The lowest BCUT2D eigenvalue weighted by Crippen LogP contribution is -2.46. The largest absolute Gasteiger partial charge is 0.378 e. The first kappa shape index (κ1) is 27.7. The number of H-pyrrole nitrogens is 1. The predicted molar refractivity (Wildman–Crippen MR) is 168 cm³/mol. The Hall–Kier alpha value is -4.41. The van der Waals surface area contributed by atoms with E-state index in [2.05, 4.69) is 49.4 Å². The molecule has 0 unspecified atom stereocenters. The first-order valence-electron chi connectivity index (χ1n) is 14.6. The summed E-state index contributed by atoms with van der Waals surface area (Å²) >= 11 is 0. The molecular weight excluding hydrogens is 530 g/mol. The van der Waals surface area contributed by atoms with Gasteiger partial charge in [0, 0.05) is 80.4 Å². The Kier molecular flexibility index (Phi) is 8.07. The maximum atomic E-state index is 13.4. The molecule has 2 fully saturated rings. The monoisotopic (exact) mass is 567 g/mol. The van der Waals surface area contributed by atoms with E-state index in [0.29, 0.717) is 16.8 Å². The fourth-order valence-corrected chi connectivity index (χ4v) is 5.71. The molecular formula is C32H37N7O3. The molecule has 218 valence electrons. The summed E-state index contributed by atoms with van der Waals surface area (Å²) in [6.07, 6.45) is 1.75.